The molecule has 4 heteroatoms. The summed E-state index contributed by atoms with van der Waals surface area (Å²) in [7, 11) is 0. The molecule has 0 saturated carbocycles. The average molecular weight is 350 g/mol. The van der Waals surface area contributed by atoms with E-state index in [1.165, 1.54) is 64.2 Å². The minimum atomic E-state index is -1.32. The third-order valence-corrected chi connectivity index (χ3v) is 5.09. The zero-order chi connectivity index (χ0) is 14.6. The lowest BCUT2D eigenvalue weighted by atomic mass is 10.0. The molecule has 0 radical (unpaired) electrons. The largest absolute Gasteiger partial charge is 0.206 e. The van der Waals surface area contributed by atoms with Crippen molar-refractivity contribution in [3.05, 3.63) is 0 Å². The molecule has 0 amide bonds. The van der Waals surface area contributed by atoms with Gasteiger partial charge in [-0.05, 0) is 6.42 Å². The van der Waals surface area contributed by atoms with Gasteiger partial charge in [0.05, 0.1) is 5.38 Å². The molecule has 0 aromatic carbocycles. The summed E-state index contributed by atoms with van der Waals surface area (Å²) in [4.78, 5) is 0. The molecule has 19 heavy (non-hydrogen) atoms. The first-order valence-electron chi connectivity index (χ1n) is 7.69. The summed E-state index contributed by atoms with van der Waals surface area (Å²) in [5, 5.41) is -0.365. The highest BCUT2D eigenvalue weighted by atomic mass is 35.6. The van der Waals surface area contributed by atoms with Gasteiger partial charge in [0.15, 0.2) is 0 Å². The lowest BCUT2D eigenvalue weighted by molar-refractivity contribution is 0.541. The van der Waals surface area contributed by atoms with E-state index in [9.17, 15) is 0 Å². The van der Waals surface area contributed by atoms with Crippen molar-refractivity contribution >= 4 is 46.4 Å². The van der Waals surface area contributed by atoms with Crippen molar-refractivity contribution in [2.45, 2.75) is 93.1 Å². The van der Waals surface area contributed by atoms with Crippen LogP contribution in [0, 0.1) is 0 Å². The number of hydrogen-bond donors (Lipinski definition) is 0. The van der Waals surface area contributed by atoms with E-state index in [-0.39, 0.29) is 5.38 Å². The second-order valence-electron chi connectivity index (χ2n) is 5.33. The Balaban J connectivity index is 3.15. The second-order valence-corrected chi connectivity index (χ2v) is 8.23. The Labute approximate surface area is 139 Å². The number of alkyl halides is 4. The molecular weight excluding hydrogens is 322 g/mol. The molecule has 116 valence electrons. The summed E-state index contributed by atoms with van der Waals surface area (Å²) in [6.45, 7) is 2.26. The molecule has 0 aliphatic heterocycles. The molecule has 0 nitrogen and oxygen atoms in total. The lowest BCUT2D eigenvalue weighted by Crippen LogP contribution is -2.18. The fourth-order valence-corrected chi connectivity index (χ4v) is 2.63. The monoisotopic (exact) mass is 348 g/mol. The van der Waals surface area contributed by atoms with Crippen LogP contribution in [0.2, 0.25) is 0 Å². The quantitative estimate of drug-likeness (QED) is 0.250. The van der Waals surface area contributed by atoms with Crippen LogP contribution in [0.3, 0.4) is 0 Å². The summed E-state index contributed by atoms with van der Waals surface area (Å²) in [6.07, 6.45) is 15.3. The molecule has 0 bridgehead atoms. The molecule has 0 fully saturated rings. The summed E-state index contributed by atoms with van der Waals surface area (Å²) in [5.74, 6) is 0. The minimum Gasteiger partial charge on any atom is -0.118 e. The Morgan fingerprint density at radius 3 is 1.42 bits per heavy atom. The van der Waals surface area contributed by atoms with Gasteiger partial charge in [-0.15, -0.1) is 11.6 Å². The summed E-state index contributed by atoms with van der Waals surface area (Å²) >= 11 is 23.1. The van der Waals surface area contributed by atoms with E-state index in [0.29, 0.717) is 0 Å². The first kappa shape index (κ1) is 20.2. The maximum Gasteiger partial charge on any atom is 0.206 e. The molecule has 1 unspecified atom stereocenters. The van der Waals surface area contributed by atoms with Gasteiger partial charge in [0.25, 0.3) is 0 Å². The number of unbranched alkanes of at least 4 members (excludes halogenated alkanes) is 10. The first-order chi connectivity index (χ1) is 8.98. The van der Waals surface area contributed by atoms with E-state index >= 15 is 0 Å². The molecule has 0 saturated heterocycles. The Morgan fingerprint density at radius 1 is 0.684 bits per heavy atom. The standard InChI is InChI=1S/C15H28Cl4/c1-2-3-4-5-6-7-8-9-10-11-12-13-14(16)15(17,18)19/h14H,2-13H2,1H3. The minimum absolute atomic E-state index is 0.365. The maximum atomic E-state index is 5.98. The van der Waals surface area contributed by atoms with Crippen LogP contribution in [-0.4, -0.2) is 9.17 Å². The van der Waals surface area contributed by atoms with E-state index in [4.69, 9.17) is 46.4 Å². The highest BCUT2D eigenvalue weighted by Gasteiger charge is 2.29. The smallest absolute Gasteiger partial charge is 0.118 e. The molecule has 0 aromatic heterocycles. The topological polar surface area (TPSA) is 0 Å². The molecule has 0 spiro atoms. The summed E-state index contributed by atoms with van der Waals surface area (Å²) < 4.78 is -1.32. The average Bonchev–Trinajstić information content (AvgIpc) is 2.34. The van der Waals surface area contributed by atoms with E-state index in [1.807, 2.05) is 0 Å². The number of halogens is 4. The van der Waals surface area contributed by atoms with Gasteiger partial charge in [-0.25, -0.2) is 0 Å². The van der Waals surface area contributed by atoms with E-state index in [1.54, 1.807) is 0 Å². The SMILES string of the molecule is CCCCCCCCCCCCCC(Cl)C(Cl)(Cl)Cl. The number of rotatable bonds is 12. The van der Waals surface area contributed by atoms with Gasteiger partial charge in [-0.1, -0.05) is 112 Å². The zero-order valence-corrected chi connectivity index (χ0v) is 15.1. The normalized spacial score (nSPS) is 13.7. The Morgan fingerprint density at radius 2 is 1.05 bits per heavy atom. The van der Waals surface area contributed by atoms with Crippen LogP contribution in [0.4, 0.5) is 0 Å². The van der Waals surface area contributed by atoms with Crippen LogP contribution in [0.15, 0.2) is 0 Å². The van der Waals surface area contributed by atoms with Gasteiger partial charge >= 0.3 is 0 Å². The molecule has 0 heterocycles. The maximum absolute atomic E-state index is 5.98. The van der Waals surface area contributed by atoms with Crippen molar-refractivity contribution in [2.75, 3.05) is 0 Å². The molecule has 0 N–H and O–H groups in total. The van der Waals surface area contributed by atoms with Crippen molar-refractivity contribution < 1.29 is 0 Å². The molecule has 0 aliphatic rings. The van der Waals surface area contributed by atoms with Gasteiger partial charge in [0.1, 0.15) is 0 Å². The van der Waals surface area contributed by atoms with Crippen molar-refractivity contribution in [3.8, 4) is 0 Å². The molecule has 0 aromatic rings. The van der Waals surface area contributed by atoms with Crippen LogP contribution in [0.25, 0.3) is 0 Å². The number of hydrogen-bond acceptors (Lipinski definition) is 0. The van der Waals surface area contributed by atoms with Crippen molar-refractivity contribution in [1.29, 1.82) is 0 Å². The lowest BCUT2D eigenvalue weighted by Gasteiger charge is -2.17. The van der Waals surface area contributed by atoms with Crippen LogP contribution >= 0.6 is 46.4 Å². The van der Waals surface area contributed by atoms with E-state index < -0.39 is 3.79 Å². The van der Waals surface area contributed by atoms with Crippen molar-refractivity contribution in [2.24, 2.45) is 0 Å². The predicted molar refractivity (Wildman–Crippen MR) is 91.0 cm³/mol. The Bertz CT molecular complexity index is 189. The van der Waals surface area contributed by atoms with Gasteiger partial charge in [0.2, 0.25) is 3.79 Å². The highest BCUT2D eigenvalue weighted by Crippen LogP contribution is 2.36. The van der Waals surface area contributed by atoms with Gasteiger partial charge in [-0.3, -0.25) is 0 Å². The Kier molecular flexibility index (Phi) is 13.7. The third-order valence-electron chi connectivity index (χ3n) is 3.42. The zero-order valence-electron chi connectivity index (χ0n) is 12.1. The molecule has 0 rings (SSSR count). The molecule has 0 aliphatic carbocycles. The van der Waals surface area contributed by atoms with E-state index in [2.05, 4.69) is 6.92 Å². The molecule has 1 atom stereocenters. The Hall–Kier alpha value is 1.16. The second kappa shape index (κ2) is 12.9. The van der Waals surface area contributed by atoms with Crippen molar-refractivity contribution in [3.63, 3.8) is 0 Å². The molecular formula is C15H28Cl4. The highest BCUT2D eigenvalue weighted by molar-refractivity contribution is 6.70. The summed E-state index contributed by atoms with van der Waals surface area (Å²) in [6, 6.07) is 0. The third kappa shape index (κ3) is 13.9. The fourth-order valence-electron chi connectivity index (χ4n) is 2.15. The van der Waals surface area contributed by atoms with Crippen LogP contribution in [-0.2, 0) is 0 Å². The van der Waals surface area contributed by atoms with Gasteiger partial charge in [0, 0.05) is 0 Å². The summed E-state index contributed by atoms with van der Waals surface area (Å²) in [5.41, 5.74) is 0. The van der Waals surface area contributed by atoms with Crippen LogP contribution in [0.5, 0.6) is 0 Å². The van der Waals surface area contributed by atoms with Crippen molar-refractivity contribution in [1.82, 2.24) is 0 Å². The van der Waals surface area contributed by atoms with Gasteiger partial charge < -0.3 is 0 Å². The van der Waals surface area contributed by atoms with E-state index in [0.717, 1.165) is 12.8 Å². The van der Waals surface area contributed by atoms with Gasteiger partial charge in [-0.2, -0.15) is 0 Å². The predicted octanol–water partition coefficient (Wildman–Crippen LogP) is 7.67. The van der Waals surface area contributed by atoms with Crippen LogP contribution in [0.1, 0.15) is 84.0 Å². The van der Waals surface area contributed by atoms with Crippen LogP contribution < -0.4 is 0 Å². The first-order valence-corrected chi connectivity index (χ1v) is 9.26. The fraction of sp³-hybridized carbons (Fsp3) is 1.00.